The zero-order chi connectivity index (χ0) is 15.2. The number of amides is 1. The fraction of sp³-hybridized carbons (Fsp3) is 0.500. The number of halogens is 1. The molecular formula is C16H20FNO3. The molecule has 2 rings (SSSR count). The van der Waals surface area contributed by atoms with Crippen LogP contribution in [0.15, 0.2) is 24.3 Å². The monoisotopic (exact) mass is 293 g/mol. The molecule has 0 bridgehead atoms. The molecule has 1 aliphatic carbocycles. The van der Waals surface area contributed by atoms with E-state index in [0.29, 0.717) is 12.8 Å². The van der Waals surface area contributed by atoms with Crippen LogP contribution in [0.3, 0.4) is 0 Å². The minimum absolute atomic E-state index is 0.142. The molecule has 1 amide bonds. The van der Waals surface area contributed by atoms with E-state index in [9.17, 15) is 19.1 Å². The summed E-state index contributed by atoms with van der Waals surface area (Å²) in [6.07, 6.45) is 4.28. The molecule has 1 aliphatic rings. The number of carbonyl (C=O) groups excluding carboxylic acids is 1. The van der Waals surface area contributed by atoms with Gasteiger partial charge in [-0.05, 0) is 30.5 Å². The molecule has 1 aromatic carbocycles. The summed E-state index contributed by atoms with van der Waals surface area (Å²) in [5, 5.41) is 12.1. The number of aliphatic carboxylic acids is 1. The van der Waals surface area contributed by atoms with Crippen LogP contribution < -0.4 is 5.32 Å². The Morgan fingerprint density at radius 3 is 2.48 bits per heavy atom. The van der Waals surface area contributed by atoms with Crippen molar-refractivity contribution in [1.82, 2.24) is 5.32 Å². The van der Waals surface area contributed by atoms with Gasteiger partial charge in [-0.25, -0.2) is 4.39 Å². The van der Waals surface area contributed by atoms with Crippen molar-refractivity contribution in [2.75, 3.05) is 0 Å². The second-order valence-electron chi connectivity index (χ2n) is 5.56. The third-order valence-corrected chi connectivity index (χ3v) is 3.96. The van der Waals surface area contributed by atoms with Gasteiger partial charge in [0.25, 0.3) is 0 Å². The Bertz CT molecular complexity index is 501. The molecule has 114 valence electrons. The highest BCUT2D eigenvalue weighted by atomic mass is 19.1. The van der Waals surface area contributed by atoms with Gasteiger partial charge in [0.05, 0.1) is 12.3 Å². The molecule has 2 N–H and O–H groups in total. The van der Waals surface area contributed by atoms with E-state index < -0.39 is 11.9 Å². The Morgan fingerprint density at radius 1 is 1.14 bits per heavy atom. The standard InChI is InChI=1S/C16H20FNO3/c17-12-8-6-11(7-9-12)10-15(19)18-14-5-3-1-2-4-13(14)16(20)21/h6-9,13-14H,1-5,10H2,(H,18,19)(H,20,21)/t13-,14+/m1/s1. The lowest BCUT2D eigenvalue weighted by Gasteiger charge is -2.22. The summed E-state index contributed by atoms with van der Waals surface area (Å²) in [5.74, 6) is -1.90. The molecule has 1 aromatic rings. The molecule has 0 radical (unpaired) electrons. The largest absolute Gasteiger partial charge is 0.481 e. The summed E-state index contributed by atoms with van der Waals surface area (Å²) < 4.78 is 12.8. The van der Waals surface area contributed by atoms with Crippen molar-refractivity contribution in [2.24, 2.45) is 5.92 Å². The second kappa shape index (κ2) is 7.20. The Morgan fingerprint density at radius 2 is 1.81 bits per heavy atom. The van der Waals surface area contributed by atoms with Crippen LogP contribution in [0.4, 0.5) is 4.39 Å². The third-order valence-electron chi connectivity index (χ3n) is 3.96. The number of hydrogen-bond donors (Lipinski definition) is 2. The van der Waals surface area contributed by atoms with Crippen molar-refractivity contribution in [2.45, 2.75) is 44.6 Å². The third kappa shape index (κ3) is 4.55. The van der Waals surface area contributed by atoms with E-state index in [1.165, 1.54) is 12.1 Å². The maximum absolute atomic E-state index is 12.8. The predicted octanol–water partition coefficient (Wildman–Crippen LogP) is 2.52. The molecule has 0 aromatic heterocycles. The number of nitrogens with one attached hydrogen (secondary N) is 1. The fourth-order valence-corrected chi connectivity index (χ4v) is 2.82. The normalized spacial score (nSPS) is 22.3. The van der Waals surface area contributed by atoms with Gasteiger partial charge in [0.2, 0.25) is 5.91 Å². The maximum Gasteiger partial charge on any atom is 0.308 e. The fourth-order valence-electron chi connectivity index (χ4n) is 2.82. The van der Waals surface area contributed by atoms with Crippen molar-refractivity contribution >= 4 is 11.9 Å². The zero-order valence-electron chi connectivity index (χ0n) is 11.8. The first-order valence-electron chi connectivity index (χ1n) is 7.33. The lowest BCUT2D eigenvalue weighted by Crippen LogP contribution is -2.43. The van der Waals surface area contributed by atoms with Crippen molar-refractivity contribution in [3.8, 4) is 0 Å². The highest BCUT2D eigenvalue weighted by Gasteiger charge is 2.30. The van der Waals surface area contributed by atoms with Gasteiger partial charge in [-0.1, -0.05) is 31.4 Å². The molecule has 1 fully saturated rings. The second-order valence-corrected chi connectivity index (χ2v) is 5.56. The SMILES string of the molecule is O=C(Cc1ccc(F)cc1)N[C@H]1CCCCC[C@H]1C(=O)O. The van der Waals surface area contributed by atoms with E-state index in [1.54, 1.807) is 12.1 Å². The van der Waals surface area contributed by atoms with Gasteiger partial charge in [-0.3, -0.25) is 9.59 Å². The average molecular weight is 293 g/mol. The van der Waals surface area contributed by atoms with Crippen molar-refractivity contribution in [3.63, 3.8) is 0 Å². The van der Waals surface area contributed by atoms with Crippen LogP contribution in [0, 0.1) is 11.7 Å². The number of rotatable bonds is 4. The highest BCUT2D eigenvalue weighted by Crippen LogP contribution is 2.24. The lowest BCUT2D eigenvalue weighted by molar-refractivity contribution is -0.143. The average Bonchev–Trinajstić information content (AvgIpc) is 2.67. The van der Waals surface area contributed by atoms with Gasteiger partial charge < -0.3 is 10.4 Å². The van der Waals surface area contributed by atoms with Crippen molar-refractivity contribution in [1.29, 1.82) is 0 Å². The summed E-state index contributed by atoms with van der Waals surface area (Å²) in [7, 11) is 0. The van der Waals surface area contributed by atoms with Gasteiger partial charge in [0.1, 0.15) is 5.82 Å². The molecule has 0 aliphatic heterocycles. The summed E-state index contributed by atoms with van der Waals surface area (Å²) in [6.45, 7) is 0. The van der Waals surface area contributed by atoms with Gasteiger partial charge in [0, 0.05) is 6.04 Å². The van der Waals surface area contributed by atoms with E-state index in [4.69, 9.17) is 0 Å². The highest BCUT2D eigenvalue weighted by molar-refractivity contribution is 5.80. The predicted molar refractivity (Wildman–Crippen MR) is 76.2 cm³/mol. The molecule has 4 nitrogen and oxygen atoms in total. The van der Waals surface area contributed by atoms with E-state index in [0.717, 1.165) is 24.8 Å². The van der Waals surface area contributed by atoms with Crippen LogP contribution in [0.1, 0.15) is 37.7 Å². The van der Waals surface area contributed by atoms with Crippen LogP contribution in [0.5, 0.6) is 0 Å². The summed E-state index contributed by atoms with van der Waals surface area (Å²) in [4.78, 5) is 23.4. The summed E-state index contributed by atoms with van der Waals surface area (Å²) >= 11 is 0. The Kier molecular flexibility index (Phi) is 5.31. The zero-order valence-corrected chi connectivity index (χ0v) is 11.8. The first kappa shape index (κ1) is 15.5. The molecule has 0 spiro atoms. The lowest BCUT2D eigenvalue weighted by atomic mass is 9.94. The van der Waals surface area contributed by atoms with Gasteiger partial charge >= 0.3 is 5.97 Å². The minimum Gasteiger partial charge on any atom is -0.481 e. The number of hydrogen-bond acceptors (Lipinski definition) is 2. The summed E-state index contributed by atoms with van der Waals surface area (Å²) in [5.41, 5.74) is 0.717. The molecule has 1 saturated carbocycles. The Hall–Kier alpha value is -1.91. The topological polar surface area (TPSA) is 66.4 Å². The van der Waals surface area contributed by atoms with E-state index in [2.05, 4.69) is 5.32 Å². The number of carboxylic acid groups (broad SMARTS) is 1. The molecular weight excluding hydrogens is 273 g/mol. The summed E-state index contributed by atoms with van der Waals surface area (Å²) in [6, 6.07) is 5.45. The molecule has 5 heteroatoms. The minimum atomic E-state index is -0.844. The van der Waals surface area contributed by atoms with Gasteiger partial charge in [-0.15, -0.1) is 0 Å². The number of carboxylic acids is 1. The van der Waals surface area contributed by atoms with Crippen LogP contribution in [-0.2, 0) is 16.0 Å². The number of benzene rings is 1. The molecule has 2 atom stereocenters. The Balaban J connectivity index is 1.96. The first-order valence-corrected chi connectivity index (χ1v) is 7.33. The molecule has 21 heavy (non-hydrogen) atoms. The smallest absolute Gasteiger partial charge is 0.308 e. The quantitative estimate of drug-likeness (QED) is 0.838. The van der Waals surface area contributed by atoms with E-state index >= 15 is 0 Å². The molecule has 0 unspecified atom stereocenters. The van der Waals surface area contributed by atoms with Gasteiger partial charge in [0.15, 0.2) is 0 Å². The Labute approximate surface area is 123 Å². The van der Waals surface area contributed by atoms with E-state index in [1.807, 2.05) is 0 Å². The van der Waals surface area contributed by atoms with Crippen LogP contribution in [0.25, 0.3) is 0 Å². The van der Waals surface area contributed by atoms with E-state index in [-0.39, 0.29) is 24.2 Å². The number of carbonyl (C=O) groups is 2. The molecule has 0 heterocycles. The maximum atomic E-state index is 12.8. The van der Waals surface area contributed by atoms with Crippen LogP contribution in [0.2, 0.25) is 0 Å². The van der Waals surface area contributed by atoms with Crippen LogP contribution in [-0.4, -0.2) is 23.0 Å². The van der Waals surface area contributed by atoms with Crippen molar-refractivity contribution < 1.29 is 19.1 Å². The van der Waals surface area contributed by atoms with Crippen LogP contribution >= 0.6 is 0 Å². The molecule has 0 saturated heterocycles. The van der Waals surface area contributed by atoms with Gasteiger partial charge in [-0.2, -0.15) is 0 Å². The first-order chi connectivity index (χ1) is 10.1. The van der Waals surface area contributed by atoms with Crippen molar-refractivity contribution in [3.05, 3.63) is 35.6 Å².